The second-order valence-electron chi connectivity index (χ2n) is 11.3. The van der Waals surface area contributed by atoms with Crippen molar-refractivity contribution in [3.63, 3.8) is 0 Å². The maximum absolute atomic E-state index is 13.2. The number of nitrogen functional groups attached to an aromatic ring is 1. The van der Waals surface area contributed by atoms with Crippen LogP contribution in [0.3, 0.4) is 0 Å². The summed E-state index contributed by atoms with van der Waals surface area (Å²) in [6.45, 7) is 1.45. The quantitative estimate of drug-likeness (QED) is 0.162. The summed E-state index contributed by atoms with van der Waals surface area (Å²) in [5, 5.41) is 5.77. The van der Waals surface area contributed by atoms with Crippen LogP contribution in [0.4, 0.5) is 11.4 Å². The first kappa shape index (κ1) is 31.1. The Balaban J connectivity index is 1.37. The molecule has 4 N–H and O–H groups in total. The number of nitrogens with two attached hydrogens (primary N) is 1. The summed E-state index contributed by atoms with van der Waals surface area (Å²) in [5.74, 6) is -0.790. The highest BCUT2D eigenvalue weighted by Crippen LogP contribution is 2.19. The molecule has 0 unspecified atom stereocenters. The smallest absolute Gasteiger partial charge is 0.272 e. The van der Waals surface area contributed by atoms with Gasteiger partial charge in [-0.25, -0.2) is 0 Å². The van der Waals surface area contributed by atoms with Crippen molar-refractivity contribution in [3.8, 4) is 0 Å². The average Bonchev–Trinajstić information content (AvgIpc) is 3.67. The zero-order valence-electron chi connectivity index (χ0n) is 25.6. The Hall–Kier alpha value is -4.84. The minimum Gasteiger partial charge on any atom is -0.397 e. The fourth-order valence-electron chi connectivity index (χ4n) is 5.12. The number of hydrogen-bond acceptors (Lipinski definition) is 6. The summed E-state index contributed by atoms with van der Waals surface area (Å²) >= 11 is 0. The van der Waals surface area contributed by atoms with Crippen LogP contribution in [0.25, 0.3) is 0 Å². The molecule has 4 aromatic rings. The second-order valence-corrected chi connectivity index (χ2v) is 11.3. The normalized spacial score (nSPS) is 11.2. The van der Waals surface area contributed by atoms with E-state index in [-0.39, 0.29) is 36.2 Å². The van der Waals surface area contributed by atoms with E-state index in [1.54, 1.807) is 95.5 Å². The maximum Gasteiger partial charge on any atom is 0.272 e. The van der Waals surface area contributed by atoms with E-state index >= 15 is 0 Å². The number of aryl methyl sites for hydroxylation is 4. The van der Waals surface area contributed by atoms with Crippen molar-refractivity contribution < 1.29 is 19.2 Å². The summed E-state index contributed by atoms with van der Waals surface area (Å²) in [6, 6.07) is 6.68. The predicted octanol–water partition coefficient (Wildman–Crippen LogP) is 2.41. The predicted molar refractivity (Wildman–Crippen MR) is 166 cm³/mol. The van der Waals surface area contributed by atoms with Gasteiger partial charge in [0.2, 0.25) is 0 Å². The fourth-order valence-corrected chi connectivity index (χ4v) is 5.12. The van der Waals surface area contributed by atoms with Crippen molar-refractivity contribution in [2.45, 2.75) is 19.3 Å². The van der Waals surface area contributed by atoms with Crippen LogP contribution in [0.2, 0.25) is 0 Å². The Bertz CT molecular complexity index is 1670. The highest BCUT2D eigenvalue weighted by molar-refractivity contribution is 6.05. The Labute approximate surface area is 251 Å². The highest BCUT2D eigenvalue weighted by Gasteiger charge is 2.20. The van der Waals surface area contributed by atoms with Crippen LogP contribution in [0.5, 0.6) is 0 Å². The van der Waals surface area contributed by atoms with Gasteiger partial charge in [0.1, 0.15) is 11.4 Å². The number of anilines is 2. The largest absolute Gasteiger partial charge is 0.397 e. The zero-order valence-corrected chi connectivity index (χ0v) is 25.6. The van der Waals surface area contributed by atoms with E-state index in [1.807, 2.05) is 14.1 Å². The first-order chi connectivity index (χ1) is 20.3. The molecule has 0 spiro atoms. The number of ketones is 2. The zero-order chi connectivity index (χ0) is 31.4. The third-order valence-electron chi connectivity index (χ3n) is 7.25. The van der Waals surface area contributed by atoms with E-state index in [9.17, 15) is 19.2 Å². The summed E-state index contributed by atoms with van der Waals surface area (Å²) in [5.41, 5.74) is 10.00. The molecule has 0 aliphatic heterocycles. The molecule has 4 aromatic heterocycles. The van der Waals surface area contributed by atoms with Crippen LogP contribution in [0, 0.1) is 0 Å². The fraction of sp³-hybridized carbons (Fsp3) is 0.355. The number of carbonyl (C=O) groups excluding carboxylic acids is 4. The van der Waals surface area contributed by atoms with Gasteiger partial charge in [-0.3, -0.25) is 19.2 Å². The molecule has 43 heavy (non-hydrogen) atoms. The lowest BCUT2D eigenvalue weighted by molar-refractivity contribution is 0.0940. The van der Waals surface area contributed by atoms with Gasteiger partial charge in [0, 0.05) is 72.4 Å². The lowest BCUT2D eigenvalue weighted by Gasteiger charge is -2.10. The molecule has 0 fully saturated rings. The van der Waals surface area contributed by atoms with Crippen LogP contribution >= 0.6 is 0 Å². The van der Waals surface area contributed by atoms with Crippen molar-refractivity contribution in [2.75, 3.05) is 38.2 Å². The molecule has 4 heterocycles. The molecule has 0 atom stereocenters. The maximum atomic E-state index is 13.2. The minimum atomic E-state index is -0.363. The third kappa shape index (κ3) is 7.52. The first-order valence-electron chi connectivity index (χ1n) is 14.0. The van der Waals surface area contributed by atoms with Gasteiger partial charge in [0.15, 0.2) is 11.6 Å². The molecule has 0 bridgehead atoms. The van der Waals surface area contributed by atoms with Crippen molar-refractivity contribution in [1.29, 1.82) is 0 Å². The van der Waals surface area contributed by atoms with E-state index < -0.39 is 0 Å². The van der Waals surface area contributed by atoms with Crippen LogP contribution < -0.4 is 16.4 Å². The van der Waals surface area contributed by atoms with E-state index in [0.717, 1.165) is 18.5 Å². The average molecular weight is 589 g/mol. The number of Topliss-reactive ketones (excluding diaryl/α,β-unsaturated/α-hetero) is 2. The first-order valence-corrected chi connectivity index (χ1v) is 14.0. The summed E-state index contributed by atoms with van der Waals surface area (Å²) < 4.78 is 6.74. The Morgan fingerprint density at radius 3 is 1.74 bits per heavy atom. The molecular formula is C31H40N8O4. The van der Waals surface area contributed by atoms with Crippen molar-refractivity contribution >= 4 is 34.8 Å². The van der Waals surface area contributed by atoms with Crippen molar-refractivity contribution in [1.82, 2.24) is 28.5 Å². The molecule has 12 nitrogen and oxygen atoms in total. The lowest BCUT2D eigenvalue weighted by atomic mass is 10.1. The lowest BCUT2D eigenvalue weighted by Crippen LogP contribution is -2.28. The molecule has 0 saturated carbocycles. The number of aromatic nitrogens is 4. The summed E-state index contributed by atoms with van der Waals surface area (Å²) in [6.07, 6.45) is 7.96. The molecule has 0 aliphatic carbocycles. The number of nitrogens with one attached hydrogen (secondary N) is 2. The molecule has 228 valence electrons. The highest BCUT2D eigenvalue weighted by atomic mass is 16.2. The Morgan fingerprint density at radius 1 is 0.698 bits per heavy atom. The molecule has 0 aliphatic rings. The van der Waals surface area contributed by atoms with Crippen LogP contribution in [-0.4, -0.2) is 73.7 Å². The molecule has 0 radical (unpaired) electrons. The van der Waals surface area contributed by atoms with Gasteiger partial charge >= 0.3 is 0 Å². The SMILES string of the molecule is CN(C)CCCNC(=O)c1cc(CC(=O)c2cc(NC(=O)c3cc(CC(=O)c4cc(N)cn4C)cn3C)cn2C)cn1C. The van der Waals surface area contributed by atoms with Gasteiger partial charge in [0.05, 0.1) is 22.8 Å². The Kier molecular flexibility index (Phi) is 9.40. The van der Waals surface area contributed by atoms with Gasteiger partial charge in [-0.05, 0) is 62.5 Å². The van der Waals surface area contributed by atoms with Crippen LogP contribution in [0.1, 0.15) is 59.5 Å². The van der Waals surface area contributed by atoms with E-state index in [4.69, 9.17) is 5.73 Å². The topological polar surface area (TPSA) is 141 Å². The number of rotatable bonds is 13. The third-order valence-corrected chi connectivity index (χ3v) is 7.25. The molecule has 0 saturated heterocycles. The van der Waals surface area contributed by atoms with Gasteiger partial charge in [-0.1, -0.05) is 0 Å². The number of amides is 2. The van der Waals surface area contributed by atoms with Crippen LogP contribution in [-0.2, 0) is 41.0 Å². The monoisotopic (exact) mass is 588 g/mol. The molecule has 12 heteroatoms. The number of hydrogen-bond donors (Lipinski definition) is 3. The number of nitrogens with zero attached hydrogens (tertiary/aromatic N) is 5. The molecule has 0 aromatic carbocycles. The summed E-state index contributed by atoms with van der Waals surface area (Å²) in [4.78, 5) is 53.7. The molecule has 4 rings (SSSR count). The second kappa shape index (κ2) is 13.0. The minimum absolute atomic E-state index is 0.103. The van der Waals surface area contributed by atoms with E-state index in [0.29, 0.717) is 46.3 Å². The Morgan fingerprint density at radius 2 is 1.21 bits per heavy atom. The van der Waals surface area contributed by atoms with E-state index in [1.165, 1.54) is 0 Å². The number of carbonyl (C=O) groups is 4. The summed E-state index contributed by atoms with van der Waals surface area (Å²) in [7, 11) is 11.0. The van der Waals surface area contributed by atoms with Gasteiger partial charge < -0.3 is 39.5 Å². The van der Waals surface area contributed by atoms with Gasteiger partial charge in [0.25, 0.3) is 11.8 Å². The van der Waals surface area contributed by atoms with Gasteiger partial charge in [-0.15, -0.1) is 0 Å². The molecule has 2 amide bonds. The van der Waals surface area contributed by atoms with Crippen molar-refractivity contribution in [3.05, 3.63) is 83.0 Å². The van der Waals surface area contributed by atoms with Crippen molar-refractivity contribution in [2.24, 2.45) is 28.2 Å². The van der Waals surface area contributed by atoms with E-state index in [2.05, 4.69) is 15.5 Å². The standard InChI is InChI=1S/C31H40N8O4/c1-35(2)9-7-8-33-30(42)26-10-20(16-36(26)3)13-29(41)25-15-23(19-39(25)6)34-31(43)27-11-21(17-37(27)4)12-28(40)24-14-22(32)18-38(24)5/h10-11,14-19H,7-9,12-13,32H2,1-6H3,(H,33,42)(H,34,43). The van der Waals surface area contributed by atoms with Crippen LogP contribution in [0.15, 0.2) is 49.1 Å². The van der Waals surface area contributed by atoms with Gasteiger partial charge in [-0.2, -0.15) is 0 Å². The molecular weight excluding hydrogens is 548 g/mol.